The van der Waals surface area contributed by atoms with E-state index >= 15 is 0 Å². The third kappa shape index (κ3) is 7.79. The van der Waals surface area contributed by atoms with Gasteiger partial charge in [0, 0.05) is 11.1 Å². The number of carboxylic acids is 1. The lowest BCUT2D eigenvalue weighted by Gasteiger charge is -2.21. The predicted molar refractivity (Wildman–Crippen MR) is 117 cm³/mol. The van der Waals surface area contributed by atoms with E-state index in [1.165, 1.54) is 25.7 Å². The molecule has 5 nitrogen and oxygen atoms in total. The molecule has 29 heavy (non-hydrogen) atoms. The number of aromatic carboxylic acids is 1. The number of phenols is 2. The van der Waals surface area contributed by atoms with Gasteiger partial charge in [0.15, 0.2) is 11.5 Å². The molecule has 0 spiro atoms. The summed E-state index contributed by atoms with van der Waals surface area (Å²) < 4.78 is 5.96. The zero-order valence-electron chi connectivity index (χ0n) is 18.6. The Morgan fingerprint density at radius 2 is 1.24 bits per heavy atom. The van der Waals surface area contributed by atoms with E-state index in [1.54, 1.807) is 0 Å². The molecular weight excluding hydrogens is 368 g/mol. The minimum atomic E-state index is -1.27. The molecule has 5 heteroatoms. The number of rotatable bonds is 16. The number of aromatic hydroxyl groups is 2. The van der Waals surface area contributed by atoms with Crippen LogP contribution in [0.5, 0.6) is 17.2 Å². The van der Waals surface area contributed by atoms with Crippen molar-refractivity contribution in [1.29, 1.82) is 0 Å². The highest BCUT2D eigenvalue weighted by molar-refractivity contribution is 5.96. The zero-order valence-corrected chi connectivity index (χ0v) is 18.6. The molecule has 3 N–H and O–H groups in total. The molecule has 0 aliphatic rings. The van der Waals surface area contributed by atoms with Crippen molar-refractivity contribution < 1.29 is 24.9 Å². The molecule has 0 unspecified atom stereocenters. The number of hydrogen-bond donors (Lipinski definition) is 3. The van der Waals surface area contributed by atoms with Crippen LogP contribution >= 0.6 is 0 Å². The Hall–Kier alpha value is -1.91. The van der Waals surface area contributed by atoms with Crippen LogP contribution in [0.1, 0.15) is 113 Å². The highest BCUT2D eigenvalue weighted by Gasteiger charge is 2.28. The molecule has 0 aliphatic carbocycles. The monoisotopic (exact) mass is 408 g/mol. The van der Waals surface area contributed by atoms with Crippen LogP contribution in [0.4, 0.5) is 0 Å². The first-order valence-electron chi connectivity index (χ1n) is 11.4. The largest absolute Gasteiger partial charge is 0.504 e. The Morgan fingerprint density at radius 3 is 1.79 bits per heavy atom. The molecule has 0 aromatic heterocycles. The van der Waals surface area contributed by atoms with E-state index in [0.717, 1.165) is 50.5 Å². The van der Waals surface area contributed by atoms with E-state index in [2.05, 4.69) is 20.8 Å². The van der Waals surface area contributed by atoms with E-state index in [1.807, 2.05) is 0 Å². The van der Waals surface area contributed by atoms with Crippen molar-refractivity contribution in [1.82, 2.24) is 0 Å². The molecule has 0 saturated carbocycles. The first kappa shape index (κ1) is 25.1. The van der Waals surface area contributed by atoms with Crippen LogP contribution in [-0.4, -0.2) is 27.9 Å². The number of benzene rings is 1. The predicted octanol–water partition coefficient (Wildman–Crippen LogP) is 6.61. The second-order valence-corrected chi connectivity index (χ2v) is 7.84. The highest BCUT2D eigenvalue weighted by Crippen LogP contribution is 2.44. The SMILES string of the molecule is CCCCCCCCCOc1c(CCCC)c(CCCC)c(O)c(O)c1C(=O)O. The first-order chi connectivity index (χ1) is 14.0. The second kappa shape index (κ2) is 14.1. The minimum Gasteiger partial charge on any atom is -0.504 e. The van der Waals surface area contributed by atoms with E-state index in [9.17, 15) is 20.1 Å². The number of hydrogen-bond acceptors (Lipinski definition) is 4. The van der Waals surface area contributed by atoms with Gasteiger partial charge in [0.05, 0.1) is 6.61 Å². The fourth-order valence-electron chi connectivity index (χ4n) is 3.63. The third-order valence-electron chi connectivity index (χ3n) is 5.38. The normalized spacial score (nSPS) is 11.0. The molecule has 0 amide bonds. The average molecular weight is 409 g/mol. The maximum Gasteiger partial charge on any atom is 0.343 e. The van der Waals surface area contributed by atoms with Crippen molar-refractivity contribution in [3.63, 3.8) is 0 Å². The fourth-order valence-corrected chi connectivity index (χ4v) is 3.63. The minimum absolute atomic E-state index is 0.248. The van der Waals surface area contributed by atoms with Crippen LogP contribution in [0, 0.1) is 0 Å². The summed E-state index contributed by atoms with van der Waals surface area (Å²) in [6.07, 6.45) is 12.9. The van der Waals surface area contributed by atoms with Crippen LogP contribution in [0.25, 0.3) is 0 Å². The molecule has 1 aromatic carbocycles. The molecule has 1 aromatic rings. The van der Waals surface area contributed by atoms with Crippen LogP contribution in [-0.2, 0) is 12.8 Å². The fraction of sp³-hybridized carbons (Fsp3) is 0.708. The topological polar surface area (TPSA) is 87.0 Å². The van der Waals surface area contributed by atoms with Gasteiger partial charge in [-0.2, -0.15) is 0 Å². The second-order valence-electron chi connectivity index (χ2n) is 7.84. The Kier molecular flexibility index (Phi) is 12.2. The average Bonchev–Trinajstić information content (AvgIpc) is 2.70. The smallest absolute Gasteiger partial charge is 0.343 e. The van der Waals surface area contributed by atoms with Gasteiger partial charge >= 0.3 is 5.97 Å². The van der Waals surface area contributed by atoms with Crippen molar-refractivity contribution >= 4 is 5.97 Å². The van der Waals surface area contributed by atoms with Crippen LogP contribution in [0.2, 0.25) is 0 Å². The molecule has 0 atom stereocenters. The third-order valence-corrected chi connectivity index (χ3v) is 5.38. The molecule has 0 aliphatic heterocycles. The number of carboxylic acid groups (broad SMARTS) is 1. The van der Waals surface area contributed by atoms with Gasteiger partial charge in [-0.05, 0) is 32.1 Å². The number of carbonyl (C=O) groups is 1. The lowest BCUT2D eigenvalue weighted by molar-refractivity contribution is 0.0687. The van der Waals surface area contributed by atoms with Crippen molar-refractivity contribution in [3.05, 3.63) is 16.7 Å². The Morgan fingerprint density at radius 1 is 0.724 bits per heavy atom. The Balaban J connectivity index is 3.03. The summed E-state index contributed by atoms with van der Waals surface area (Å²) in [4.78, 5) is 11.8. The number of ether oxygens (including phenoxy) is 1. The maximum atomic E-state index is 11.8. The molecule has 0 heterocycles. The standard InChI is InChI=1S/C24H40O5/c1-4-7-10-11-12-13-14-17-29-23-19(16-9-6-3)18(15-8-5-2)21(25)22(26)20(23)24(27)28/h25-26H,4-17H2,1-3H3,(H,27,28). The van der Waals surface area contributed by atoms with E-state index in [-0.39, 0.29) is 17.1 Å². The summed E-state index contributed by atoms with van der Waals surface area (Å²) in [5.74, 6) is -1.89. The lowest BCUT2D eigenvalue weighted by Crippen LogP contribution is -2.11. The molecule has 0 saturated heterocycles. The molecule has 0 fully saturated rings. The molecule has 0 bridgehead atoms. The van der Waals surface area contributed by atoms with Gasteiger partial charge in [0.1, 0.15) is 11.3 Å². The molecule has 166 valence electrons. The zero-order chi connectivity index (χ0) is 21.6. The summed E-state index contributed by atoms with van der Waals surface area (Å²) in [6.45, 7) is 6.76. The first-order valence-corrected chi connectivity index (χ1v) is 11.4. The summed E-state index contributed by atoms with van der Waals surface area (Å²) >= 11 is 0. The molecule has 1 rings (SSSR count). The van der Waals surface area contributed by atoms with Gasteiger partial charge < -0.3 is 20.1 Å². The van der Waals surface area contributed by atoms with Gasteiger partial charge in [-0.15, -0.1) is 0 Å². The maximum absolute atomic E-state index is 11.8. The lowest BCUT2D eigenvalue weighted by atomic mass is 9.92. The Labute approximate surface area is 176 Å². The van der Waals surface area contributed by atoms with E-state index in [0.29, 0.717) is 25.0 Å². The van der Waals surface area contributed by atoms with Gasteiger partial charge in [0.25, 0.3) is 0 Å². The number of unbranched alkanes of at least 4 members (excludes halogenated alkanes) is 8. The molecule has 0 radical (unpaired) electrons. The summed E-state index contributed by atoms with van der Waals surface area (Å²) in [5.41, 5.74) is 1.07. The van der Waals surface area contributed by atoms with Crippen molar-refractivity contribution in [2.24, 2.45) is 0 Å². The van der Waals surface area contributed by atoms with Crippen LogP contribution in [0.15, 0.2) is 0 Å². The van der Waals surface area contributed by atoms with Gasteiger partial charge in [-0.1, -0.05) is 72.1 Å². The van der Waals surface area contributed by atoms with Gasteiger partial charge in [-0.25, -0.2) is 4.79 Å². The summed E-state index contributed by atoms with van der Waals surface area (Å²) in [7, 11) is 0. The quantitative estimate of drug-likeness (QED) is 0.212. The van der Waals surface area contributed by atoms with Crippen molar-refractivity contribution in [3.8, 4) is 17.2 Å². The van der Waals surface area contributed by atoms with Crippen molar-refractivity contribution in [2.75, 3.05) is 6.61 Å². The van der Waals surface area contributed by atoms with Gasteiger partial charge in [0.2, 0.25) is 0 Å². The number of phenolic OH excluding ortho intramolecular Hbond substituents is 1. The van der Waals surface area contributed by atoms with E-state index in [4.69, 9.17) is 4.74 Å². The Bertz CT molecular complexity index is 624. The summed E-state index contributed by atoms with van der Waals surface area (Å²) in [6, 6.07) is 0. The molecular formula is C24H40O5. The van der Waals surface area contributed by atoms with E-state index < -0.39 is 11.7 Å². The highest BCUT2D eigenvalue weighted by atomic mass is 16.5. The van der Waals surface area contributed by atoms with Gasteiger partial charge in [-0.3, -0.25) is 0 Å². The summed E-state index contributed by atoms with van der Waals surface area (Å²) in [5, 5.41) is 30.6. The van der Waals surface area contributed by atoms with Crippen molar-refractivity contribution in [2.45, 2.75) is 104 Å². The van der Waals surface area contributed by atoms with Crippen LogP contribution < -0.4 is 4.74 Å². The van der Waals surface area contributed by atoms with Crippen LogP contribution in [0.3, 0.4) is 0 Å².